The molecule has 0 bridgehead atoms. The molecule has 0 radical (unpaired) electrons. The predicted molar refractivity (Wildman–Crippen MR) is 121 cm³/mol. The van der Waals surface area contributed by atoms with Gasteiger partial charge in [-0.05, 0) is 48.7 Å². The summed E-state index contributed by atoms with van der Waals surface area (Å²) in [6.07, 6.45) is 4.97. The summed E-state index contributed by atoms with van der Waals surface area (Å²) >= 11 is 3.49. The Balaban J connectivity index is 1.68. The molecule has 4 aromatic rings. The molecule has 2 aromatic carbocycles. The molecule has 5 rings (SSSR count). The fourth-order valence-corrected chi connectivity index (χ4v) is 4.76. The third-order valence-corrected chi connectivity index (χ3v) is 6.37. The monoisotopic (exact) mass is 466 g/mol. The zero-order valence-electron chi connectivity index (χ0n) is 16.8. The van der Waals surface area contributed by atoms with Gasteiger partial charge in [-0.15, -0.1) is 0 Å². The van der Waals surface area contributed by atoms with Crippen molar-refractivity contribution in [1.82, 2.24) is 4.57 Å². The number of hydrogen-bond acceptors (Lipinski definition) is 3. The lowest BCUT2D eigenvalue weighted by atomic mass is 10.1. The number of pyridine rings is 1. The highest BCUT2D eigenvalue weighted by Crippen LogP contribution is 2.30. The fourth-order valence-electron chi connectivity index (χ4n) is 4.41. The summed E-state index contributed by atoms with van der Waals surface area (Å²) in [4.78, 5) is 0. The Morgan fingerprint density at radius 3 is 2.77 bits per heavy atom. The van der Waals surface area contributed by atoms with Crippen LogP contribution in [0.4, 0.5) is 0 Å². The molecule has 1 aliphatic heterocycles. The van der Waals surface area contributed by atoms with E-state index in [1.54, 1.807) is 13.3 Å². The number of methoxy groups -OCH3 is 1. The molecule has 0 saturated carbocycles. The Morgan fingerprint density at radius 1 is 1.20 bits per heavy atom. The van der Waals surface area contributed by atoms with E-state index in [2.05, 4.69) is 38.7 Å². The first-order chi connectivity index (χ1) is 14.6. The van der Waals surface area contributed by atoms with E-state index in [1.165, 1.54) is 11.3 Å². The number of hydrogen-bond donors (Lipinski definition) is 0. The first-order valence-electron chi connectivity index (χ1n) is 10.2. The van der Waals surface area contributed by atoms with Gasteiger partial charge in [-0.25, -0.2) is 0 Å². The Morgan fingerprint density at radius 2 is 2.03 bits per heavy atom. The lowest BCUT2D eigenvalue weighted by molar-refractivity contribution is -0.575. The fraction of sp³-hybridized carbons (Fsp3) is 0.292. The molecule has 5 nitrogen and oxygen atoms in total. The first kappa shape index (κ1) is 19.4. The standard InChI is InChI=1S/C24H23BrN2O3/c1-29-20-7-4-16(5-8-20)14-26-19(13-21-3-2-10-30-21)11-17-15-27(28)23-12-18(25)6-9-22(23)24(17)26/h4-9,11-12,15,21H,2-3,10,13-14H2,1H3. The van der Waals surface area contributed by atoms with E-state index >= 15 is 0 Å². The lowest BCUT2D eigenvalue weighted by Crippen LogP contribution is -2.26. The van der Waals surface area contributed by atoms with Crippen molar-refractivity contribution < 1.29 is 14.2 Å². The lowest BCUT2D eigenvalue weighted by Gasteiger charge is -2.15. The number of benzene rings is 2. The average molecular weight is 467 g/mol. The molecule has 3 heterocycles. The van der Waals surface area contributed by atoms with Crippen LogP contribution in [0.5, 0.6) is 5.75 Å². The molecule has 1 saturated heterocycles. The van der Waals surface area contributed by atoms with Gasteiger partial charge in [0.05, 0.1) is 29.5 Å². The van der Waals surface area contributed by atoms with Crippen LogP contribution in [0.15, 0.2) is 59.2 Å². The number of fused-ring (bicyclic) bond motifs is 3. The van der Waals surface area contributed by atoms with Gasteiger partial charge >= 0.3 is 0 Å². The van der Waals surface area contributed by atoms with E-state index in [0.717, 1.165) is 63.7 Å². The van der Waals surface area contributed by atoms with Crippen LogP contribution in [0.1, 0.15) is 24.1 Å². The van der Waals surface area contributed by atoms with Crippen molar-refractivity contribution in [2.24, 2.45) is 0 Å². The van der Waals surface area contributed by atoms with E-state index in [9.17, 15) is 5.21 Å². The zero-order chi connectivity index (χ0) is 20.7. The molecular weight excluding hydrogens is 444 g/mol. The maximum absolute atomic E-state index is 12.7. The minimum atomic E-state index is 0.240. The third kappa shape index (κ3) is 3.55. The highest BCUT2D eigenvalue weighted by atomic mass is 79.9. The maximum atomic E-state index is 12.7. The van der Waals surface area contributed by atoms with E-state index in [-0.39, 0.29) is 6.10 Å². The van der Waals surface area contributed by atoms with Crippen LogP contribution in [-0.4, -0.2) is 24.4 Å². The maximum Gasteiger partial charge on any atom is 0.227 e. The first-order valence-corrected chi connectivity index (χ1v) is 11.0. The van der Waals surface area contributed by atoms with Gasteiger partial charge in [0.25, 0.3) is 0 Å². The van der Waals surface area contributed by atoms with Gasteiger partial charge < -0.3 is 19.2 Å². The molecule has 0 aliphatic carbocycles. The van der Waals surface area contributed by atoms with Gasteiger partial charge in [-0.1, -0.05) is 28.1 Å². The Labute approximate surface area is 183 Å². The molecule has 2 aromatic heterocycles. The third-order valence-electron chi connectivity index (χ3n) is 5.88. The van der Waals surface area contributed by atoms with Crippen molar-refractivity contribution in [3.63, 3.8) is 0 Å². The normalized spacial score (nSPS) is 16.5. The van der Waals surface area contributed by atoms with Crippen molar-refractivity contribution in [2.45, 2.75) is 31.9 Å². The summed E-state index contributed by atoms with van der Waals surface area (Å²) in [5.74, 6) is 0.846. The van der Waals surface area contributed by atoms with E-state index in [4.69, 9.17) is 9.47 Å². The second-order valence-electron chi connectivity index (χ2n) is 7.83. The quantitative estimate of drug-likeness (QED) is 0.308. The van der Waals surface area contributed by atoms with Gasteiger partial charge in [-0.2, -0.15) is 4.73 Å². The predicted octanol–water partition coefficient (Wildman–Crippen LogP) is 4.97. The van der Waals surface area contributed by atoms with Crippen LogP contribution < -0.4 is 9.47 Å². The van der Waals surface area contributed by atoms with Crippen LogP contribution in [-0.2, 0) is 17.7 Å². The minimum Gasteiger partial charge on any atom is -0.618 e. The van der Waals surface area contributed by atoms with Gasteiger partial charge in [-0.3, -0.25) is 0 Å². The van der Waals surface area contributed by atoms with Crippen molar-refractivity contribution in [1.29, 1.82) is 0 Å². The summed E-state index contributed by atoms with van der Waals surface area (Å²) < 4.78 is 15.4. The second-order valence-corrected chi connectivity index (χ2v) is 8.75. The molecule has 1 fully saturated rings. The van der Waals surface area contributed by atoms with Crippen molar-refractivity contribution in [3.8, 4) is 5.75 Å². The number of rotatable bonds is 5. The van der Waals surface area contributed by atoms with Crippen LogP contribution in [0.25, 0.3) is 21.8 Å². The van der Waals surface area contributed by atoms with E-state index in [1.807, 2.05) is 30.3 Å². The minimum absolute atomic E-state index is 0.240. The zero-order valence-corrected chi connectivity index (χ0v) is 18.4. The summed E-state index contributed by atoms with van der Waals surface area (Å²) in [6, 6.07) is 16.2. The van der Waals surface area contributed by atoms with Crippen LogP contribution >= 0.6 is 15.9 Å². The largest absolute Gasteiger partial charge is 0.618 e. The van der Waals surface area contributed by atoms with Crippen molar-refractivity contribution in [3.05, 3.63) is 75.7 Å². The van der Waals surface area contributed by atoms with E-state index < -0.39 is 0 Å². The molecule has 0 spiro atoms. The number of halogens is 1. The van der Waals surface area contributed by atoms with Crippen LogP contribution in [0.3, 0.4) is 0 Å². The Kier molecular flexibility index (Phi) is 5.13. The summed E-state index contributed by atoms with van der Waals surface area (Å²) in [5.41, 5.74) is 4.14. The van der Waals surface area contributed by atoms with E-state index in [0.29, 0.717) is 5.52 Å². The molecule has 30 heavy (non-hydrogen) atoms. The Hall–Kier alpha value is -2.57. The van der Waals surface area contributed by atoms with Gasteiger partial charge in [0.15, 0.2) is 6.20 Å². The van der Waals surface area contributed by atoms with Crippen LogP contribution in [0.2, 0.25) is 0 Å². The SMILES string of the molecule is COc1ccc(Cn2c(CC3CCCO3)cc3c[n+]([O-])c4cc(Br)ccc4c32)cc1. The topological polar surface area (TPSA) is 50.3 Å². The number of nitrogens with zero attached hydrogens (tertiary/aromatic N) is 2. The molecule has 1 aliphatic rings. The molecule has 0 N–H and O–H groups in total. The molecule has 154 valence electrons. The van der Waals surface area contributed by atoms with Gasteiger partial charge in [0.2, 0.25) is 5.52 Å². The molecule has 6 heteroatoms. The van der Waals surface area contributed by atoms with Gasteiger partial charge in [0, 0.05) is 35.8 Å². The second kappa shape index (κ2) is 7.93. The summed E-state index contributed by atoms with van der Waals surface area (Å²) in [5, 5.41) is 14.6. The van der Waals surface area contributed by atoms with Gasteiger partial charge in [0.1, 0.15) is 5.75 Å². The van der Waals surface area contributed by atoms with Crippen molar-refractivity contribution >= 4 is 37.7 Å². The average Bonchev–Trinajstić information content (AvgIpc) is 3.37. The summed E-state index contributed by atoms with van der Waals surface area (Å²) in [6.45, 7) is 1.56. The molecule has 1 atom stereocenters. The molecule has 0 amide bonds. The summed E-state index contributed by atoms with van der Waals surface area (Å²) in [7, 11) is 1.68. The molecule has 1 unspecified atom stereocenters. The van der Waals surface area contributed by atoms with Crippen LogP contribution in [0, 0.1) is 5.21 Å². The smallest absolute Gasteiger partial charge is 0.227 e. The molecular formula is C24H23BrN2O3. The Bertz CT molecular complexity index is 1210. The highest BCUT2D eigenvalue weighted by molar-refractivity contribution is 9.10. The van der Waals surface area contributed by atoms with Crippen molar-refractivity contribution in [2.75, 3.05) is 13.7 Å². The number of ether oxygens (including phenoxy) is 2. The highest BCUT2D eigenvalue weighted by Gasteiger charge is 2.22. The number of aromatic nitrogens is 2.